The fourth-order valence-corrected chi connectivity index (χ4v) is 2.36. The van der Waals surface area contributed by atoms with E-state index >= 15 is 0 Å². The van der Waals surface area contributed by atoms with E-state index in [0.29, 0.717) is 12.0 Å². The van der Waals surface area contributed by atoms with E-state index in [9.17, 15) is 0 Å². The number of hydrogen-bond donors (Lipinski definition) is 1. The highest BCUT2D eigenvalue weighted by Gasteiger charge is 2.22. The molecule has 1 aliphatic rings. The Hall–Kier alpha value is -1.02. The summed E-state index contributed by atoms with van der Waals surface area (Å²) in [7, 11) is 0. The lowest BCUT2D eigenvalue weighted by Crippen LogP contribution is -2.30. The van der Waals surface area contributed by atoms with E-state index in [1.54, 1.807) is 0 Å². The summed E-state index contributed by atoms with van der Waals surface area (Å²) >= 11 is 0. The molecule has 94 valence electrons. The Bertz CT molecular complexity index is 373. The summed E-state index contributed by atoms with van der Waals surface area (Å²) < 4.78 is 5.84. The van der Waals surface area contributed by atoms with Crippen LogP contribution in [0.3, 0.4) is 0 Å². The van der Waals surface area contributed by atoms with Gasteiger partial charge in [-0.3, -0.25) is 0 Å². The van der Waals surface area contributed by atoms with E-state index in [4.69, 9.17) is 4.74 Å². The van der Waals surface area contributed by atoms with Crippen molar-refractivity contribution in [3.8, 4) is 5.75 Å². The van der Waals surface area contributed by atoms with Crippen LogP contribution in [0.1, 0.15) is 44.4 Å². The molecule has 2 heteroatoms. The minimum atomic E-state index is 0.465. The highest BCUT2D eigenvalue weighted by molar-refractivity contribution is 5.44. The van der Waals surface area contributed by atoms with Crippen molar-refractivity contribution < 1.29 is 4.74 Å². The largest absolute Gasteiger partial charge is 0.493 e. The number of nitrogens with one attached hydrogen (secondary N) is 1. The predicted molar refractivity (Wildman–Crippen MR) is 71.5 cm³/mol. The lowest BCUT2D eigenvalue weighted by atomic mass is 9.96. The predicted octanol–water partition coefficient (Wildman–Crippen LogP) is 3.32. The van der Waals surface area contributed by atoms with Crippen LogP contribution in [-0.4, -0.2) is 13.2 Å². The smallest absolute Gasteiger partial charge is 0.127 e. The van der Waals surface area contributed by atoms with E-state index in [1.807, 2.05) is 0 Å². The van der Waals surface area contributed by atoms with Crippen LogP contribution in [0.5, 0.6) is 5.75 Å². The van der Waals surface area contributed by atoms with Crippen molar-refractivity contribution >= 4 is 0 Å². The standard InChI is InChI=1S/C15H23NO/c1-4-12-6-5-7-13-14(16-10-11(2)3)8-9-17-15(12)13/h5-7,11,14,16H,4,8-10H2,1-3H3. The van der Waals surface area contributed by atoms with Gasteiger partial charge in [-0.25, -0.2) is 0 Å². The van der Waals surface area contributed by atoms with Crippen LogP contribution in [-0.2, 0) is 6.42 Å². The van der Waals surface area contributed by atoms with Crippen molar-refractivity contribution in [1.82, 2.24) is 5.32 Å². The minimum absolute atomic E-state index is 0.465. The lowest BCUT2D eigenvalue weighted by molar-refractivity contribution is 0.247. The molecule has 0 fully saturated rings. The maximum Gasteiger partial charge on any atom is 0.127 e. The van der Waals surface area contributed by atoms with Gasteiger partial charge in [0.2, 0.25) is 0 Å². The third kappa shape index (κ3) is 2.81. The lowest BCUT2D eigenvalue weighted by Gasteiger charge is -2.29. The second-order valence-corrected chi connectivity index (χ2v) is 5.18. The first-order chi connectivity index (χ1) is 8.22. The van der Waals surface area contributed by atoms with E-state index in [1.165, 1.54) is 11.1 Å². The summed E-state index contributed by atoms with van der Waals surface area (Å²) in [6.45, 7) is 8.58. The first-order valence-electron chi connectivity index (χ1n) is 6.70. The fourth-order valence-electron chi connectivity index (χ4n) is 2.36. The fraction of sp³-hybridized carbons (Fsp3) is 0.600. The molecule has 17 heavy (non-hydrogen) atoms. The van der Waals surface area contributed by atoms with Crippen LogP contribution in [0.15, 0.2) is 18.2 Å². The molecule has 1 aromatic carbocycles. The van der Waals surface area contributed by atoms with Gasteiger partial charge in [-0.05, 0) is 24.4 Å². The van der Waals surface area contributed by atoms with E-state index < -0.39 is 0 Å². The summed E-state index contributed by atoms with van der Waals surface area (Å²) in [6.07, 6.45) is 2.12. The molecule has 0 amide bonds. The summed E-state index contributed by atoms with van der Waals surface area (Å²) in [5.41, 5.74) is 2.68. The van der Waals surface area contributed by atoms with E-state index in [0.717, 1.165) is 31.7 Å². The van der Waals surface area contributed by atoms with Crippen LogP contribution in [0, 0.1) is 5.92 Å². The third-order valence-corrected chi connectivity index (χ3v) is 3.31. The van der Waals surface area contributed by atoms with E-state index in [-0.39, 0.29) is 0 Å². The minimum Gasteiger partial charge on any atom is -0.493 e. The normalized spacial score (nSPS) is 18.9. The summed E-state index contributed by atoms with van der Waals surface area (Å²) in [6, 6.07) is 6.98. The molecule has 0 saturated carbocycles. The first kappa shape index (κ1) is 12.4. The number of hydrogen-bond acceptors (Lipinski definition) is 2. The van der Waals surface area contributed by atoms with Gasteiger partial charge in [0.05, 0.1) is 6.61 Å². The third-order valence-electron chi connectivity index (χ3n) is 3.31. The molecule has 0 spiro atoms. The Kier molecular flexibility index (Phi) is 4.06. The second kappa shape index (κ2) is 5.54. The van der Waals surface area contributed by atoms with Crippen molar-refractivity contribution in [3.63, 3.8) is 0 Å². The Balaban J connectivity index is 2.19. The summed E-state index contributed by atoms with van der Waals surface area (Å²) in [5, 5.41) is 3.65. The quantitative estimate of drug-likeness (QED) is 0.861. The van der Waals surface area contributed by atoms with Gasteiger partial charge < -0.3 is 10.1 Å². The zero-order valence-corrected chi connectivity index (χ0v) is 11.1. The zero-order valence-electron chi connectivity index (χ0n) is 11.1. The highest BCUT2D eigenvalue weighted by atomic mass is 16.5. The van der Waals surface area contributed by atoms with Crippen LogP contribution in [0.25, 0.3) is 0 Å². The monoisotopic (exact) mass is 233 g/mol. The van der Waals surface area contributed by atoms with Gasteiger partial charge in [-0.1, -0.05) is 39.0 Å². The molecular weight excluding hydrogens is 210 g/mol. The number of fused-ring (bicyclic) bond motifs is 1. The number of benzene rings is 1. The van der Waals surface area contributed by atoms with Gasteiger partial charge in [0.25, 0.3) is 0 Å². The maximum absolute atomic E-state index is 5.84. The van der Waals surface area contributed by atoms with Gasteiger partial charge in [0, 0.05) is 18.0 Å². The van der Waals surface area contributed by atoms with Crippen molar-refractivity contribution in [2.24, 2.45) is 5.92 Å². The molecule has 0 saturated heterocycles. The van der Waals surface area contributed by atoms with Crippen molar-refractivity contribution in [3.05, 3.63) is 29.3 Å². The Morgan fingerprint density at radius 3 is 2.94 bits per heavy atom. The average molecular weight is 233 g/mol. The van der Waals surface area contributed by atoms with Crippen LogP contribution in [0.4, 0.5) is 0 Å². The van der Waals surface area contributed by atoms with Gasteiger partial charge in [0.1, 0.15) is 5.75 Å². The van der Waals surface area contributed by atoms with E-state index in [2.05, 4.69) is 44.3 Å². The molecule has 0 aliphatic carbocycles. The van der Waals surface area contributed by atoms with Crippen LogP contribution < -0.4 is 10.1 Å². The average Bonchev–Trinajstić information content (AvgIpc) is 2.35. The number of para-hydroxylation sites is 1. The molecule has 2 nitrogen and oxygen atoms in total. The molecule has 1 unspecified atom stereocenters. The molecular formula is C15H23NO. The molecule has 0 bridgehead atoms. The second-order valence-electron chi connectivity index (χ2n) is 5.18. The molecule has 0 radical (unpaired) electrons. The van der Waals surface area contributed by atoms with Gasteiger partial charge in [-0.2, -0.15) is 0 Å². The summed E-state index contributed by atoms with van der Waals surface area (Å²) in [5.74, 6) is 1.82. The molecule has 0 aromatic heterocycles. The zero-order chi connectivity index (χ0) is 12.3. The molecule has 1 aliphatic heterocycles. The maximum atomic E-state index is 5.84. The summed E-state index contributed by atoms with van der Waals surface area (Å²) in [4.78, 5) is 0. The molecule has 1 N–H and O–H groups in total. The van der Waals surface area contributed by atoms with Crippen LogP contribution in [0.2, 0.25) is 0 Å². The number of ether oxygens (including phenoxy) is 1. The topological polar surface area (TPSA) is 21.3 Å². The highest BCUT2D eigenvalue weighted by Crippen LogP contribution is 2.35. The van der Waals surface area contributed by atoms with Crippen LogP contribution >= 0.6 is 0 Å². The SMILES string of the molecule is CCc1cccc2c1OCCC2NCC(C)C. The van der Waals surface area contributed by atoms with Gasteiger partial charge >= 0.3 is 0 Å². The van der Waals surface area contributed by atoms with Gasteiger partial charge in [0.15, 0.2) is 0 Å². The Labute approximate surface area is 104 Å². The number of aryl methyl sites for hydroxylation is 1. The Morgan fingerprint density at radius 1 is 1.41 bits per heavy atom. The molecule has 1 aromatic rings. The molecule has 2 rings (SSSR count). The molecule has 1 atom stereocenters. The first-order valence-corrected chi connectivity index (χ1v) is 6.70. The van der Waals surface area contributed by atoms with Crippen molar-refractivity contribution in [2.45, 2.75) is 39.7 Å². The van der Waals surface area contributed by atoms with Crippen molar-refractivity contribution in [2.75, 3.05) is 13.2 Å². The van der Waals surface area contributed by atoms with Gasteiger partial charge in [-0.15, -0.1) is 0 Å². The Morgan fingerprint density at radius 2 is 2.24 bits per heavy atom. The number of rotatable bonds is 4. The molecule has 1 heterocycles. The van der Waals surface area contributed by atoms with Crippen molar-refractivity contribution in [1.29, 1.82) is 0 Å².